The molecule has 3 rings (SSSR count). The summed E-state index contributed by atoms with van der Waals surface area (Å²) >= 11 is 0. The molecule has 1 aliphatic rings. The van der Waals surface area contributed by atoms with Gasteiger partial charge in [0.05, 0.1) is 48.3 Å². The maximum Gasteiger partial charge on any atom is 0.203 e. The summed E-state index contributed by atoms with van der Waals surface area (Å²) in [6.45, 7) is 0.556. The van der Waals surface area contributed by atoms with E-state index in [0.29, 0.717) is 35.4 Å². The maximum atomic E-state index is 10.2. The van der Waals surface area contributed by atoms with E-state index in [4.69, 9.17) is 28.4 Å². The first-order valence-corrected chi connectivity index (χ1v) is 9.83. The van der Waals surface area contributed by atoms with E-state index < -0.39 is 0 Å². The highest BCUT2D eigenvalue weighted by Crippen LogP contribution is 2.46. The second-order valence-corrected chi connectivity index (χ2v) is 7.21. The van der Waals surface area contributed by atoms with Crippen LogP contribution in [0, 0.1) is 11.8 Å². The lowest BCUT2D eigenvalue weighted by molar-refractivity contribution is 0.0715. The van der Waals surface area contributed by atoms with Crippen LogP contribution >= 0.6 is 0 Å². The summed E-state index contributed by atoms with van der Waals surface area (Å²) in [5.74, 6) is 3.13. The van der Waals surface area contributed by atoms with Gasteiger partial charge in [-0.05, 0) is 47.7 Å². The summed E-state index contributed by atoms with van der Waals surface area (Å²) in [4.78, 5) is 0. The monoisotopic (exact) mass is 418 g/mol. The van der Waals surface area contributed by atoms with Crippen molar-refractivity contribution in [2.24, 2.45) is 11.8 Å². The molecule has 0 spiro atoms. The molecule has 0 aromatic heterocycles. The van der Waals surface area contributed by atoms with E-state index in [1.54, 1.807) is 35.5 Å². The zero-order chi connectivity index (χ0) is 21.7. The van der Waals surface area contributed by atoms with Crippen molar-refractivity contribution in [2.45, 2.75) is 12.5 Å². The zero-order valence-corrected chi connectivity index (χ0v) is 18.1. The van der Waals surface area contributed by atoms with Crippen LogP contribution in [0.25, 0.3) is 0 Å². The van der Waals surface area contributed by atoms with E-state index >= 15 is 0 Å². The molecular weight excluding hydrogens is 388 g/mol. The van der Waals surface area contributed by atoms with Crippen LogP contribution in [0.5, 0.6) is 28.7 Å². The van der Waals surface area contributed by atoms with Gasteiger partial charge < -0.3 is 33.5 Å². The van der Waals surface area contributed by atoms with Gasteiger partial charge in [-0.25, -0.2) is 0 Å². The van der Waals surface area contributed by atoms with Gasteiger partial charge in [-0.2, -0.15) is 0 Å². The molecule has 30 heavy (non-hydrogen) atoms. The van der Waals surface area contributed by atoms with Gasteiger partial charge in [-0.15, -0.1) is 0 Å². The third-order valence-electron chi connectivity index (χ3n) is 5.66. The van der Waals surface area contributed by atoms with Crippen molar-refractivity contribution in [2.75, 3.05) is 48.8 Å². The third-order valence-corrected chi connectivity index (χ3v) is 5.66. The molecule has 0 aliphatic carbocycles. The van der Waals surface area contributed by atoms with E-state index in [1.807, 2.05) is 30.3 Å². The summed E-state index contributed by atoms with van der Waals surface area (Å²) in [7, 11) is 7.98. The summed E-state index contributed by atoms with van der Waals surface area (Å²) in [6, 6.07) is 9.65. The highest BCUT2D eigenvalue weighted by molar-refractivity contribution is 5.54. The first-order valence-electron chi connectivity index (χ1n) is 9.83. The van der Waals surface area contributed by atoms with Gasteiger partial charge in [0.25, 0.3) is 0 Å². The molecule has 1 N–H and O–H groups in total. The first-order chi connectivity index (χ1) is 14.6. The average molecular weight is 418 g/mol. The zero-order valence-electron chi connectivity index (χ0n) is 18.1. The summed E-state index contributed by atoms with van der Waals surface area (Å²) in [5.41, 5.74) is 1.99. The van der Waals surface area contributed by atoms with Crippen LogP contribution in [0.1, 0.15) is 17.2 Å². The minimum absolute atomic E-state index is 0.0132. The number of hydrogen-bond acceptors (Lipinski definition) is 7. The SMILES string of the molecule is COc1ccc(C[C@@H]2CO[C@@H](c3cc(OC)c(OC)c(OC)c3)[C@@H]2CO)cc1OC. The van der Waals surface area contributed by atoms with Crippen molar-refractivity contribution < 1.29 is 33.5 Å². The molecule has 7 nitrogen and oxygen atoms in total. The van der Waals surface area contributed by atoms with E-state index in [1.165, 1.54) is 0 Å². The van der Waals surface area contributed by atoms with Crippen molar-refractivity contribution in [3.05, 3.63) is 41.5 Å². The molecule has 164 valence electrons. The van der Waals surface area contributed by atoms with Crippen molar-refractivity contribution >= 4 is 0 Å². The Bertz CT molecular complexity index is 826. The quantitative estimate of drug-likeness (QED) is 0.670. The Labute approximate surface area is 177 Å². The maximum absolute atomic E-state index is 10.2. The number of rotatable bonds is 9. The molecule has 2 aromatic carbocycles. The fourth-order valence-electron chi connectivity index (χ4n) is 4.10. The molecule has 0 unspecified atom stereocenters. The minimum atomic E-state index is -0.270. The van der Waals surface area contributed by atoms with Crippen LogP contribution in [-0.2, 0) is 11.2 Å². The van der Waals surface area contributed by atoms with Crippen LogP contribution in [0.2, 0.25) is 0 Å². The fourth-order valence-corrected chi connectivity index (χ4v) is 4.10. The predicted octanol–water partition coefficient (Wildman–Crippen LogP) is 3.27. The molecule has 1 aliphatic heterocycles. The number of methoxy groups -OCH3 is 5. The van der Waals surface area contributed by atoms with E-state index in [9.17, 15) is 5.11 Å². The standard InChI is InChI=1S/C23H30O7/c1-25-18-7-6-14(9-19(18)26-2)8-16-13-30-22(17(16)12-24)15-10-20(27-3)23(29-5)21(11-15)28-4/h6-7,9-11,16-17,22,24H,8,12-13H2,1-5H3/t16-,17-,22+/m1/s1. The molecule has 7 heteroatoms. The Morgan fingerprint density at radius 3 is 2.00 bits per heavy atom. The lowest BCUT2D eigenvalue weighted by Crippen LogP contribution is -2.21. The summed E-state index contributed by atoms with van der Waals surface area (Å²) in [5, 5.41) is 10.2. The third kappa shape index (κ3) is 4.27. The van der Waals surface area contributed by atoms with Gasteiger partial charge in [0.2, 0.25) is 5.75 Å². The van der Waals surface area contributed by atoms with Crippen molar-refractivity contribution in [1.82, 2.24) is 0 Å². The van der Waals surface area contributed by atoms with Gasteiger partial charge in [0, 0.05) is 12.5 Å². The number of aliphatic hydroxyl groups excluding tert-OH is 1. The van der Waals surface area contributed by atoms with Crippen LogP contribution in [0.15, 0.2) is 30.3 Å². The van der Waals surface area contributed by atoms with Crippen molar-refractivity contribution in [3.8, 4) is 28.7 Å². The Kier molecular flexibility index (Phi) is 7.29. The van der Waals surface area contributed by atoms with Crippen LogP contribution in [0.4, 0.5) is 0 Å². The number of hydrogen-bond donors (Lipinski definition) is 1. The first kappa shape index (κ1) is 22.1. The van der Waals surface area contributed by atoms with Crippen molar-refractivity contribution in [3.63, 3.8) is 0 Å². The number of benzene rings is 2. The molecular formula is C23H30O7. The molecule has 0 radical (unpaired) electrons. The summed E-state index contributed by atoms with van der Waals surface area (Å²) in [6.07, 6.45) is 0.487. The van der Waals surface area contributed by atoms with Gasteiger partial charge >= 0.3 is 0 Å². The van der Waals surface area contributed by atoms with Crippen LogP contribution < -0.4 is 23.7 Å². The predicted molar refractivity (Wildman–Crippen MR) is 112 cm³/mol. The molecule has 0 saturated carbocycles. The van der Waals surface area contributed by atoms with Gasteiger partial charge in [-0.3, -0.25) is 0 Å². The molecule has 1 saturated heterocycles. The highest BCUT2D eigenvalue weighted by Gasteiger charge is 2.38. The lowest BCUT2D eigenvalue weighted by Gasteiger charge is -2.23. The van der Waals surface area contributed by atoms with E-state index in [0.717, 1.165) is 17.5 Å². The van der Waals surface area contributed by atoms with E-state index in [-0.39, 0.29) is 24.5 Å². The normalized spacial score (nSPS) is 20.7. The molecule has 0 bridgehead atoms. The topological polar surface area (TPSA) is 75.6 Å². The molecule has 3 atom stereocenters. The van der Waals surface area contributed by atoms with E-state index in [2.05, 4.69) is 0 Å². The van der Waals surface area contributed by atoms with Gasteiger partial charge in [-0.1, -0.05) is 6.07 Å². The number of aliphatic hydroxyl groups is 1. The highest BCUT2D eigenvalue weighted by atomic mass is 16.5. The Hall–Kier alpha value is -2.64. The number of ether oxygens (including phenoxy) is 6. The Balaban J connectivity index is 1.85. The van der Waals surface area contributed by atoms with Crippen molar-refractivity contribution in [1.29, 1.82) is 0 Å². The smallest absolute Gasteiger partial charge is 0.203 e. The molecule has 2 aromatic rings. The van der Waals surface area contributed by atoms with Crippen LogP contribution in [-0.4, -0.2) is 53.9 Å². The Morgan fingerprint density at radius 2 is 1.47 bits per heavy atom. The fraction of sp³-hybridized carbons (Fsp3) is 0.478. The second kappa shape index (κ2) is 9.91. The minimum Gasteiger partial charge on any atom is -0.493 e. The van der Waals surface area contributed by atoms with Crippen LogP contribution in [0.3, 0.4) is 0 Å². The summed E-state index contributed by atoms with van der Waals surface area (Å²) < 4.78 is 33.2. The average Bonchev–Trinajstić information content (AvgIpc) is 3.20. The lowest BCUT2D eigenvalue weighted by atomic mass is 9.84. The van der Waals surface area contributed by atoms with Gasteiger partial charge in [0.15, 0.2) is 23.0 Å². The molecule has 0 amide bonds. The Morgan fingerprint density at radius 1 is 0.833 bits per heavy atom. The second-order valence-electron chi connectivity index (χ2n) is 7.21. The molecule has 1 fully saturated rings. The largest absolute Gasteiger partial charge is 0.493 e. The van der Waals surface area contributed by atoms with Gasteiger partial charge in [0.1, 0.15) is 0 Å². The molecule has 1 heterocycles.